The summed E-state index contributed by atoms with van der Waals surface area (Å²) >= 11 is 1.64. The van der Waals surface area contributed by atoms with Gasteiger partial charge < -0.3 is 5.11 Å². The number of carbonyl (C=O) groups is 1. The number of nitrogens with zero attached hydrogens (tertiary/aromatic N) is 2. The Balaban J connectivity index is 2.83. The van der Waals surface area contributed by atoms with E-state index in [0.29, 0.717) is 19.0 Å². The number of rotatable bonds is 6. The Morgan fingerprint density at radius 1 is 1.56 bits per heavy atom. The van der Waals surface area contributed by atoms with Gasteiger partial charge in [-0.3, -0.25) is 9.69 Å². The summed E-state index contributed by atoms with van der Waals surface area (Å²) < 4.78 is 0. The molecule has 0 saturated carbocycles. The number of thiazole rings is 1. The third kappa shape index (κ3) is 3.29. The highest BCUT2D eigenvalue weighted by Gasteiger charge is 2.33. The normalized spacial score (nSPS) is 12.4. The van der Waals surface area contributed by atoms with Gasteiger partial charge in [-0.15, -0.1) is 11.3 Å². The number of aromatic nitrogens is 1. The maximum Gasteiger partial charge on any atom is 0.323 e. The van der Waals surface area contributed by atoms with Crippen molar-refractivity contribution in [3.63, 3.8) is 0 Å². The fraction of sp³-hybridized carbons (Fsp3) is 0.692. The molecule has 102 valence electrons. The number of hydrogen-bond acceptors (Lipinski definition) is 4. The Morgan fingerprint density at radius 2 is 2.17 bits per heavy atom. The van der Waals surface area contributed by atoms with Crippen LogP contribution in [0, 0.1) is 0 Å². The van der Waals surface area contributed by atoms with Gasteiger partial charge in [-0.2, -0.15) is 0 Å². The van der Waals surface area contributed by atoms with Gasteiger partial charge in [0.15, 0.2) is 0 Å². The van der Waals surface area contributed by atoms with E-state index in [-0.39, 0.29) is 0 Å². The molecule has 0 bridgehead atoms. The SMILES string of the molecule is CCN(Cc1csc(C(C)C)n1)C(C)(C)C(=O)O. The minimum atomic E-state index is -0.865. The van der Waals surface area contributed by atoms with Crippen molar-refractivity contribution < 1.29 is 9.90 Å². The van der Waals surface area contributed by atoms with Gasteiger partial charge in [-0.05, 0) is 20.4 Å². The second-order valence-electron chi connectivity index (χ2n) is 5.21. The first kappa shape index (κ1) is 15.1. The van der Waals surface area contributed by atoms with E-state index in [1.54, 1.807) is 25.2 Å². The van der Waals surface area contributed by atoms with Crippen LogP contribution in [-0.4, -0.2) is 33.0 Å². The molecule has 0 unspecified atom stereocenters. The Kier molecular flexibility index (Phi) is 4.87. The van der Waals surface area contributed by atoms with Gasteiger partial charge in [0.1, 0.15) is 5.54 Å². The van der Waals surface area contributed by atoms with Gasteiger partial charge in [0.2, 0.25) is 0 Å². The summed E-state index contributed by atoms with van der Waals surface area (Å²) in [5.74, 6) is -0.380. The van der Waals surface area contributed by atoms with E-state index in [0.717, 1.165) is 10.7 Å². The molecule has 1 N–H and O–H groups in total. The van der Waals surface area contributed by atoms with Crippen LogP contribution in [0.5, 0.6) is 0 Å². The quantitative estimate of drug-likeness (QED) is 0.863. The molecule has 0 aliphatic rings. The summed E-state index contributed by atoms with van der Waals surface area (Å²) in [6, 6.07) is 0. The molecule has 0 radical (unpaired) electrons. The lowest BCUT2D eigenvalue weighted by Crippen LogP contribution is -2.49. The lowest BCUT2D eigenvalue weighted by atomic mass is 10.0. The molecular formula is C13H22N2O2S. The van der Waals surface area contributed by atoms with E-state index in [1.807, 2.05) is 17.2 Å². The predicted octanol–water partition coefficient (Wildman–Crippen LogP) is 2.95. The second kappa shape index (κ2) is 5.80. The topological polar surface area (TPSA) is 53.4 Å². The smallest absolute Gasteiger partial charge is 0.323 e. The number of aliphatic carboxylic acids is 1. The van der Waals surface area contributed by atoms with E-state index in [1.165, 1.54) is 0 Å². The molecule has 0 aromatic carbocycles. The fourth-order valence-corrected chi connectivity index (χ4v) is 2.52. The maximum atomic E-state index is 11.3. The predicted molar refractivity (Wildman–Crippen MR) is 74.0 cm³/mol. The minimum absolute atomic E-state index is 0.423. The Hall–Kier alpha value is -0.940. The summed E-state index contributed by atoms with van der Waals surface area (Å²) in [6.45, 7) is 10.9. The highest BCUT2D eigenvalue weighted by atomic mass is 32.1. The molecule has 0 fully saturated rings. The number of carboxylic acids is 1. The highest BCUT2D eigenvalue weighted by molar-refractivity contribution is 7.09. The summed E-state index contributed by atoms with van der Waals surface area (Å²) in [5, 5.41) is 12.4. The molecule has 0 spiro atoms. The van der Waals surface area contributed by atoms with Gasteiger partial charge in [-0.1, -0.05) is 20.8 Å². The second-order valence-corrected chi connectivity index (χ2v) is 6.10. The first-order valence-corrected chi connectivity index (χ1v) is 7.09. The molecule has 0 aliphatic heterocycles. The first-order valence-electron chi connectivity index (χ1n) is 6.21. The van der Waals surface area contributed by atoms with E-state index < -0.39 is 11.5 Å². The molecule has 18 heavy (non-hydrogen) atoms. The van der Waals surface area contributed by atoms with Gasteiger partial charge in [0, 0.05) is 17.8 Å². The summed E-state index contributed by atoms with van der Waals surface area (Å²) in [4.78, 5) is 17.7. The number of hydrogen-bond donors (Lipinski definition) is 1. The van der Waals surface area contributed by atoms with Crippen LogP contribution in [0.15, 0.2) is 5.38 Å². The van der Waals surface area contributed by atoms with Crippen LogP contribution >= 0.6 is 11.3 Å². The molecule has 4 nitrogen and oxygen atoms in total. The summed E-state index contributed by atoms with van der Waals surface area (Å²) in [5.41, 5.74) is 0.0935. The lowest BCUT2D eigenvalue weighted by Gasteiger charge is -2.33. The van der Waals surface area contributed by atoms with Crippen LogP contribution in [0.4, 0.5) is 0 Å². The third-order valence-electron chi connectivity index (χ3n) is 3.11. The Labute approximate surface area is 113 Å². The molecule has 1 aromatic heterocycles. The Morgan fingerprint density at radius 3 is 2.56 bits per heavy atom. The fourth-order valence-electron chi connectivity index (χ4n) is 1.70. The van der Waals surface area contributed by atoms with Crippen molar-refractivity contribution in [2.75, 3.05) is 6.54 Å². The number of likely N-dealkylation sites (N-methyl/N-ethyl adjacent to an activating group) is 1. The summed E-state index contributed by atoms with van der Waals surface area (Å²) in [6.07, 6.45) is 0. The zero-order valence-corrected chi connectivity index (χ0v) is 12.5. The van der Waals surface area contributed by atoms with E-state index >= 15 is 0 Å². The minimum Gasteiger partial charge on any atom is -0.480 e. The monoisotopic (exact) mass is 270 g/mol. The zero-order chi connectivity index (χ0) is 13.9. The summed E-state index contributed by atoms with van der Waals surface area (Å²) in [7, 11) is 0. The average Bonchev–Trinajstić information content (AvgIpc) is 2.73. The van der Waals surface area contributed by atoms with Crippen LogP contribution < -0.4 is 0 Å². The molecule has 0 aliphatic carbocycles. The molecule has 0 saturated heterocycles. The van der Waals surface area contributed by atoms with Crippen molar-refractivity contribution in [1.82, 2.24) is 9.88 Å². The number of carboxylic acid groups (broad SMARTS) is 1. The van der Waals surface area contributed by atoms with Gasteiger partial charge in [-0.25, -0.2) is 4.98 Å². The first-order chi connectivity index (χ1) is 8.28. The van der Waals surface area contributed by atoms with Crippen LogP contribution in [0.3, 0.4) is 0 Å². The molecule has 1 rings (SSSR count). The molecule has 5 heteroatoms. The van der Waals surface area contributed by atoms with Crippen molar-refractivity contribution in [2.24, 2.45) is 0 Å². The van der Waals surface area contributed by atoms with Crippen molar-refractivity contribution in [1.29, 1.82) is 0 Å². The van der Waals surface area contributed by atoms with Crippen LogP contribution in [0.2, 0.25) is 0 Å². The van der Waals surface area contributed by atoms with Crippen LogP contribution in [0.25, 0.3) is 0 Å². The third-order valence-corrected chi connectivity index (χ3v) is 4.31. The van der Waals surface area contributed by atoms with Gasteiger partial charge in [0.05, 0.1) is 10.7 Å². The standard InChI is InChI=1S/C13H22N2O2S/c1-6-15(13(4,5)12(16)17)7-10-8-18-11(14-10)9(2)3/h8-9H,6-7H2,1-5H3,(H,16,17). The molecule has 1 aromatic rings. The highest BCUT2D eigenvalue weighted by Crippen LogP contribution is 2.22. The van der Waals surface area contributed by atoms with E-state index in [4.69, 9.17) is 0 Å². The van der Waals surface area contributed by atoms with Crippen molar-refractivity contribution in [2.45, 2.75) is 52.6 Å². The van der Waals surface area contributed by atoms with Crippen LogP contribution in [-0.2, 0) is 11.3 Å². The van der Waals surface area contributed by atoms with E-state index in [9.17, 15) is 9.90 Å². The Bertz CT molecular complexity index is 413. The molecular weight excluding hydrogens is 248 g/mol. The molecule has 0 amide bonds. The van der Waals surface area contributed by atoms with Crippen molar-refractivity contribution in [3.8, 4) is 0 Å². The van der Waals surface area contributed by atoms with Crippen LogP contribution in [0.1, 0.15) is 51.2 Å². The zero-order valence-electron chi connectivity index (χ0n) is 11.7. The van der Waals surface area contributed by atoms with Crippen molar-refractivity contribution in [3.05, 3.63) is 16.1 Å². The average molecular weight is 270 g/mol. The van der Waals surface area contributed by atoms with E-state index in [2.05, 4.69) is 18.8 Å². The molecule has 0 atom stereocenters. The van der Waals surface area contributed by atoms with Gasteiger partial charge >= 0.3 is 5.97 Å². The largest absolute Gasteiger partial charge is 0.480 e. The molecule has 1 heterocycles. The lowest BCUT2D eigenvalue weighted by molar-refractivity contribution is -0.149. The van der Waals surface area contributed by atoms with Gasteiger partial charge in [0.25, 0.3) is 0 Å². The maximum absolute atomic E-state index is 11.3. The van der Waals surface area contributed by atoms with Crippen molar-refractivity contribution >= 4 is 17.3 Å².